The van der Waals surface area contributed by atoms with Gasteiger partial charge in [0.2, 0.25) is 0 Å². The second-order valence-corrected chi connectivity index (χ2v) is 7.09. The van der Waals surface area contributed by atoms with Crippen LogP contribution in [0, 0.1) is 0 Å². The number of unbranched alkanes of at least 4 members (excludes halogenated alkanes) is 9. The van der Waals surface area contributed by atoms with E-state index in [1.54, 1.807) is 0 Å². The summed E-state index contributed by atoms with van der Waals surface area (Å²) in [4.78, 5) is 0. The maximum Gasteiger partial charge on any atom is 0.0483 e. The van der Waals surface area contributed by atoms with Crippen LogP contribution >= 0.6 is 0 Å². The molecule has 0 aliphatic carbocycles. The number of benzene rings is 1. The lowest BCUT2D eigenvalue weighted by Crippen LogP contribution is -2.02. The highest BCUT2D eigenvalue weighted by Gasteiger charge is 2.06. The van der Waals surface area contributed by atoms with Crippen molar-refractivity contribution in [2.45, 2.75) is 84.1 Å². The van der Waals surface area contributed by atoms with Crippen molar-refractivity contribution in [1.82, 2.24) is 4.57 Å². The van der Waals surface area contributed by atoms with Crippen LogP contribution in [0.1, 0.15) is 76.7 Å². The largest absolute Gasteiger partial charge is 0.347 e. The average Bonchev–Trinajstić information content (AvgIpc) is 2.95. The fraction of sp³-hybridized carbons (Fsp3) is 0.636. The highest BCUT2D eigenvalue weighted by atomic mass is 15.0. The van der Waals surface area contributed by atoms with E-state index >= 15 is 0 Å². The van der Waals surface area contributed by atoms with Gasteiger partial charge in [0.1, 0.15) is 0 Å². The Morgan fingerprint density at radius 2 is 1.46 bits per heavy atom. The SMILES string of the molecule is CCCCCCCCCCCCn1cc(CCN)c2ccccc21. The summed E-state index contributed by atoms with van der Waals surface area (Å²) in [7, 11) is 0. The van der Waals surface area contributed by atoms with Crippen molar-refractivity contribution >= 4 is 10.9 Å². The lowest BCUT2D eigenvalue weighted by Gasteiger charge is -2.05. The van der Waals surface area contributed by atoms with Crippen LogP contribution in [0.15, 0.2) is 30.5 Å². The molecule has 1 heterocycles. The van der Waals surface area contributed by atoms with Crippen molar-refractivity contribution in [2.75, 3.05) is 6.54 Å². The van der Waals surface area contributed by atoms with E-state index in [0.29, 0.717) is 0 Å². The van der Waals surface area contributed by atoms with Crippen molar-refractivity contribution in [1.29, 1.82) is 0 Å². The average molecular weight is 329 g/mol. The normalized spacial score (nSPS) is 11.4. The van der Waals surface area contributed by atoms with Crippen molar-refractivity contribution < 1.29 is 0 Å². The van der Waals surface area contributed by atoms with E-state index in [2.05, 4.69) is 42.0 Å². The number of para-hydroxylation sites is 1. The van der Waals surface area contributed by atoms with Crippen LogP contribution in [0.25, 0.3) is 10.9 Å². The first-order valence-corrected chi connectivity index (χ1v) is 10.1. The summed E-state index contributed by atoms with van der Waals surface area (Å²) in [5, 5.41) is 1.38. The molecule has 0 bridgehead atoms. The number of nitrogens with two attached hydrogens (primary N) is 1. The lowest BCUT2D eigenvalue weighted by atomic mass is 10.1. The number of aryl methyl sites for hydroxylation is 1. The summed E-state index contributed by atoms with van der Waals surface area (Å²) in [6, 6.07) is 8.75. The molecule has 1 aromatic heterocycles. The maximum absolute atomic E-state index is 5.76. The van der Waals surface area contributed by atoms with Crippen LogP contribution in [0.3, 0.4) is 0 Å². The van der Waals surface area contributed by atoms with E-state index in [-0.39, 0.29) is 0 Å². The van der Waals surface area contributed by atoms with E-state index in [4.69, 9.17) is 5.73 Å². The van der Waals surface area contributed by atoms with Crippen molar-refractivity contribution in [3.63, 3.8) is 0 Å². The van der Waals surface area contributed by atoms with Crippen molar-refractivity contribution in [3.8, 4) is 0 Å². The van der Waals surface area contributed by atoms with Crippen LogP contribution in [-0.2, 0) is 13.0 Å². The number of rotatable bonds is 13. The summed E-state index contributed by atoms with van der Waals surface area (Å²) in [6.07, 6.45) is 17.2. The van der Waals surface area contributed by atoms with Crippen LogP contribution in [-0.4, -0.2) is 11.1 Å². The first kappa shape index (κ1) is 19.1. The van der Waals surface area contributed by atoms with Crippen molar-refractivity contribution in [2.24, 2.45) is 5.73 Å². The molecule has 2 rings (SSSR count). The topological polar surface area (TPSA) is 30.9 Å². The summed E-state index contributed by atoms with van der Waals surface area (Å²) < 4.78 is 2.44. The molecule has 2 aromatic rings. The summed E-state index contributed by atoms with van der Waals surface area (Å²) >= 11 is 0. The number of aromatic nitrogens is 1. The maximum atomic E-state index is 5.76. The molecule has 24 heavy (non-hydrogen) atoms. The van der Waals surface area contributed by atoms with Gasteiger partial charge in [-0.2, -0.15) is 0 Å². The Morgan fingerprint density at radius 3 is 2.12 bits per heavy atom. The van der Waals surface area contributed by atoms with Gasteiger partial charge in [-0.25, -0.2) is 0 Å². The Bertz CT molecular complexity index is 570. The van der Waals surface area contributed by atoms with Gasteiger partial charge in [0, 0.05) is 23.6 Å². The van der Waals surface area contributed by atoms with Gasteiger partial charge in [-0.3, -0.25) is 0 Å². The molecular weight excluding hydrogens is 292 g/mol. The number of hydrogen-bond acceptors (Lipinski definition) is 1. The molecule has 0 radical (unpaired) electrons. The van der Waals surface area contributed by atoms with Crippen LogP contribution in [0.4, 0.5) is 0 Å². The Balaban J connectivity index is 1.67. The third-order valence-corrected chi connectivity index (χ3v) is 5.04. The molecule has 2 N–H and O–H groups in total. The molecule has 0 saturated heterocycles. The molecule has 0 saturated carbocycles. The van der Waals surface area contributed by atoms with Gasteiger partial charge in [-0.05, 0) is 31.0 Å². The highest BCUT2D eigenvalue weighted by Crippen LogP contribution is 2.22. The Kier molecular flexibility index (Phi) is 8.97. The minimum absolute atomic E-state index is 0.728. The first-order valence-electron chi connectivity index (χ1n) is 10.1. The smallest absolute Gasteiger partial charge is 0.0483 e. The number of hydrogen-bond donors (Lipinski definition) is 1. The van der Waals surface area contributed by atoms with E-state index in [0.717, 1.165) is 19.5 Å². The molecular formula is C22H36N2. The monoisotopic (exact) mass is 328 g/mol. The summed E-state index contributed by atoms with van der Waals surface area (Å²) in [6.45, 7) is 4.15. The Labute approximate surface area is 148 Å². The quantitative estimate of drug-likeness (QED) is 0.445. The molecule has 0 unspecified atom stereocenters. The van der Waals surface area contributed by atoms with Gasteiger partial charge < -0.3 is 10.3 Å². The van der Waals surface area contributed by atoms with Crippen molar-refractivity contribution in [3.05, 3.63) is 36.0 Å². The van der Waals surface area contributed by atoms with Gasteiger partial charge in [-0.15, -0.1) is 0 Å². The van der Waals surface area contributed by atoms with Crippen LogP contribution in [0.2, 0.25) is 0 Å². The zero-order chi connectivity index (χ0) is 17.0. The number of nitrogens with zero attached hydrogens (tertiary/aromatic N) is 1. The first-order chi connectivity index (χ1) is 11.9. The van der Waals surface area contributed by atoms with E-state index < -0.39 is 0 Å². The molecule has 2 nitrogen and oxygen atoms in total. The predicted octanol–water partition coefficient (Wildman–Crippen LogP) is 6.06. The van der Waals surface area contributed by atoms with Gasteiger partial charge in [-0.1, -0.05) is 82.9 Å². The van der Waals surface area contributed by atoms with Gasteiger partial charge in [0.25, 0.3) is 0 Å². The molecule has 0 spiro atoms. The molecule has 0 fully saturated rings. The second-order valence-electron chi connectivity index (χ2n) is 7.09. The minimum atomic E-state index is 0.728. The van der Waals surface area contributed by atoms with Gasteiger partial charge in [0.15, 0.2) is 0 Å². The third-order valence-electron chi connectivity index (χ3n) is 5.04. The molecule has 2 heteroatoms. The zero-order valence-electron chi connectivity index (χ0n) is 15.6. The fourth-order valence-corrected chi connectivity index (χ4v) is 3.63. The van der Waals surface area contributed by atoms with E-state index in [1.165, 1.54) is 80.7 Å². The van der Waals surface area contributed by atoms with E-state index in [9.17, 15) is 0 Å². The summed E-state index contributed by atoms with van der Waals surface area (Å²) in [5.41, 5.74) is 8.53. The second kappa shape index (κ2) is 11.3. The standard InChI is InChI=1S/C22H36N2/c1-2-3-4-5-6-7-8-9-10-13-18-24-19-20(16-17-23)21-14-11-12-15-22(21)24/h11-12,14-15,19H,2-10,13,16-18,23H2,1H3. The molecule has 0 aliphatic heterocycles. The molecule has 1 aromatic carbocycles. The zero-order valence-corrected chi connectivity index (χ0v) is 15.6. The molecule has 134 valence electrons. The van der Waals surface area contributed by atoms with Crippen LogP contribution in [0.5, 0.6) is 0 Å². The number of fused-ring (bicyclic) bond motifs is 1. The van der Waals surface area contributed by atoms with Gasteiger partial charge in [0.05, 0.1) is 0 Å². The third kappa shape index (κ3) is 5.98. The Hall–Kier alpha value is -1.28. The summed E-state index contributed by atoms with van der Waals surface area (Å²) in [5.74, 6) is 0. The van der Waals surface area contributed by atoms with E-state index in [1.807, 2.05) is 0 Å². The molecule has 0 aliphatic rings. The predicted molar refractivity (Wildman–Crippen MR) is 107 cm³/mol. The Morgan fingerprint density at radius 1 is 0.833 bits per heavy atom. The minimum Gasteiger partial charge on any atom is -0.347 e. The molecule has 0 amide bonds. The van der Waals surface area contributed by atoms with Crippen LogP contribution < -0.4 is 5.73 Å². The molecule has 0 atom stereocenters. The highest BCUT2D eigenvalue weighted by molar-refractivity contribution is 5.84. The fourth-order valence-electron chi connectivity index (χ4n) is 3.63. The van der Waals surface area contributed by atoms with Gasteiger partial charge >= 0.3 is 0 Å². The lowest BCUT2D eigenvalue weighted by molar-refractivity contribution is 0.538.